The monoisotopic (exact) mass is 599 g/mol. The van der Waals surface area contributed by atoms with Gasteiger partial charge in [-0.1, -0.05) is 53.5 Å². The SMILES string of the molecule is O=C(NC(Cc1ccccc1)Oc1ccc(Cl)cc1)c1ccc(Oc2cc3c(cc2Cl)C(C(=O)[O-])CCO3)cc1.[Na+]. The molecule has 7 nitrogen and oxygen atoms in total. The molecule has 0 aliphatic carbocycles. The van der Waals surface area contributed by atoms with Crippen LogP contribution in [0.3, 0.4) is 0 Å². The second-order valence-electron chi connectivity index (χ2n) is 9.18. The number of ether oxygens (including phenoxy) is 3. The van der Waals surface area contributed by atoms with Crippen LogP contribution < -0.4 is 54.2 Å². The number of fused-ring (bicyclic) bond motifs is 1. The van der Waals surface area contributed by atoms with E-state index in [1.54, 1.807) is 54.6 Å². The minimum absolute atomic E-state index is 0. The Labute approximate surface area is 269 Å². The van der Waals surface area contributed by atoms with Crippen molar-refractivity contribution in [1.82, 2.24) is 5.32 Å². The zero-order valence-corrected chi connectivity index (χ0v) is 25.7. The molecule has 0 spiro atoms. The molecule has 0 fully saturated rings. The number of aliphatic carboxylic acids is 1. The van der Waals surface area contributed by atoms with Crippen LogP contribution in [0.4, 0.5) is 0 Å². The van der Waals surface area contributed by atoms with Crippen LogP contribution in [0.5, 0.6) is 23.0 Å². The summed E-state index contributed by atoms with van der Waals surface area (Å²) in [5.74, 6) is -0.586. The van der Waals surface area contributed by atoms with Crippen LogP contribution in [0.25, 0.3) is 0 Å². The predicted octanol–water partition coefficient (Wildman–Crippen LogP) is 2.78. The fourth-order valence-electron chi connectivity index (χ4n) is 4.37. The van der Waals surface area contributed by atoms with Gasteiger partial charge in [0.25, 0.3) is 5.91 Å². The van der Waals surface area contributed by atoms with Crippen molar-refractivity contribution < 1.29 is 58.5 Å². The number of rotatable bonds is 9. The van der Waals surface area contributed by atoms with Crippen molar-refractivity contribution >= 4 is 35.1 Å². The third-order valence-electron chi connectivity index (χ3n) is 6.38. The van der Waals surface area contributed by atoms with Gasteiger partial charge in [-0.15, -0.1) is 0 Å². The molecule has 204 valence electrons. The van der Waals surface area contributed by atoms with Crippen molar-refractivity contribution in [2.75, 3.05) is 6.61 Å². The zero-order chi connectivity index (χ0) is 28.1. The Morgan fingerprint density at radius 2 is 1.63 bits per heavy atom. The van der Waals surface area contributed by atoms with E-state index in [9.17, 15) is 14.7 Å². The summed E-state index contributed by atoms with van der Waals surface area (Å²) in [7, 11) is 0. The zero-order valence-electron chi connectivity index (χ0n) is 22.1. The number of carbonyl (C=O) groups is 2. The van der Waals surface area contributed by atoms with E-state index < -0.39 is 18.1 Å². The minimum Gasteiger partial charge on any atom is -0.549 e. The summed E-state index contributed by atoms with van der Waals surface area (Å²) < 4.78 is 17.6. The van der Waals surface area contributed by atoms with E-state index in [-0.39, 0.29) is 47.1 Å². The summed E-state index contributed by atoms with van der Waals surface area (Å²) in [6.45, 7) is 0.253. The van der Waals surface area contributed by atoms with Gasteiger partial charge in [-0.25, -0.2) is 0 Å². The van der Waals surface area contributed by atoms with Crippen LogP contribution in [0.15, 0.2) is 91.0 Å². The average Bonchev–Trinajstić information content (AvgIpc) is 2.95. The number of carbonyl (C=O) groups excluding carboxylic acids is 2. The third-order valence-corrected chi connectivity index (χ3v) is 6.93. The molecule has 4 aromatic carbocycles. The Hall–Kier alpha value is -3.20. The van der Waals surface area contributed by atoms with Gasteiger partial charge in [0, 0.05) is 40.5 Å². The molecule has 2 unspecified atom stereocenters. The molecule has 1 aliphatic heterocycles. The number of hydrogen-bond acceptors (Lipinski definition) is 6. The van der Waals surface area contributed by atoms with E-state index >= 15 is 0 Å². The molecule has 0 aromatic heterocycles. The number of carboxylic acids is 1. The molecule has 1 aliphatic rings. The van der Waals surface area contributed by atoms with E-state index in [2.05, 4.69) is 5.32 Å². The van der Waals surface area contributed by atoms with Gasteiger partial charge in [-0.2, -0.15) is 0 Å². The number of carboxylic acid groups (broad SMARTS) is 1. The molecule has 0 saturated heterocycles. The molecule has 1 amide bonds. The fraction of sp³-hybridized carbons (Fsp3) is 0.161. The normalized spacial score (nSPS) is 14.4. The van der Waals surface area contributed by atoms with Crippen molar-refractivity contribution in [2.24, 2.45) is 0 Å². The molecule has 1 N–H and O–H groups in total. The topological polar surface area (TPSA) is 96.9 Å². The number of nitrogens with one attached hydrogen (secondary N) is 1. The van der Waals surface area contributed by atoms with E-state index in [0.29, 0.717) is 52.0 Å². The number of amides is 1. The van der Waals surface area contributed by atoms with E-state index in [0.717, 1.165) is 5.56 Å². The van der Waals surface area contributed by atoms with Crippen LogP contribution in [-0.2, 0) is 11.2 Å². The first-order chi connectivity index (χ1) is 19.4. The second-order valence-corrected chi connectivity index (χ2v) is 10.0. The molecule has 1 heterocycles. The maximum Gasteiger partial charge on any atom is 1.00 e. The molecule has 4 aromatic rings. The maximum atomic E-state index is 13.1. The number of halogens is 2. The van der Waals surface area contributed by atoms with Crippen molar-refractivity contribution in [3.05, 3.63) is 118 Å². The predicted molar refractivity (Wildman–Crippen MR) is 149 cm³/mol. The quantitative estimate of drug-likeness (QED) is 0.235. The number of benzene rings is 4. The van der Waals surface area contributed by atoms with Crippen LogP contribution in [0, 0.1) is 0 Å². The van der Waals surface area contributed by atoms with Gasteiger partial charge in [0.05, 0.1) is 11.6 Å². The second kappa shape index (κ2) is 14.1. The van der Waals surface area contributed by atoms with Crippen LogP contribution in [0.1, 0.15) is 33.8 Å². The van der Waals surface area contributed by atoms with Crippen LogP contribution in [-0.4, -0.2) is 24.7 Å². The molecule has 0 radical (unpaired) electrons. The molecular formula is C31H24Cl2NNaO6. The first-order valence-corrected chi connectivity index (χ1v) is 13.3. The van der Waals surface area contributed by atoms with Gasteiger partial charge >= 0.3 is 29.6 Å². The molecule has 5 rings (SSSR count). The van der Waals surface area contributed by atoms with Gasteiger partial charge < -0.3 is 29.4 Å². The first kappa shape index (κ1) is 30.8. The first-order valence-electron chi connectivity index (χ1n) is 12.6. The summed E-state index contributed by atoms with van der Waals surface area (Å²) in [6.07, 6.45) is 0.131. The summed E-state index contributed by atoms with van der Waals surface area (Å²) >= 11 is 12.4. The Balaban J connectivity index is 0.00000387. The molecule has 41 heavy (non-hydrogen) atoms. The molecule has 0 bridgehead atoms. The molecule has 0 saturated carbocycles. The van der Waals surface area contributed by atoms with Crippen LogP contribution in [0.2, 0.25) is 10.0 Å². The summed E-state index contributed by atoms with van der Waals surface area (Å²) in [4.78, 5) is 24.6. The Morgan fingerprint density at radius 3 is 2.32 bits per heavy atom. The Morgan fingerprint density at radius 1 is 0.951 bits per heavy atom. The van der Waals surface area contributed by atoms with Crippen molar-refractivity contribution in [2.45, 2.75) is 25.0 Å². The third kappa shape index (κ3) is 7.97. The molecule has 2 atom stereocenters. The van der Waals surface area contributed by atoms with E-state index in [1.807, 2.05) is 30.3 Å². The van der Waals surface area contributed by atoms with Crippen LogP contribution >= 0.6 is 23.2 Å². The molecular weight excluding hydrogens is 576 g/mol. The Kier molecular flexibility index (Phi) is 10.6. The molecule has 10 heteroatoms. The average molecular weight is 600 g/mol. The van der Waals surface area contributed by atoms with Gasteiger partial charge in [0.2, 0.25) is 0 Å². The largest absolute Gasteiger partial charge is 1.00 e. The summed E-state index contributed by atoms with van der Waals surface area (Å²) in [5.41, 5.74) is 1.87. The van der Waals surface area contributed by atoms with Gasteiger partial charge in [-0.05, 0) is 66.6 Å². The standard InChI is InChI=1S/C31H25Cl2NO6.Na/c32-21-8-12-23(13-9-21)40-29(16-19-4-2-1-3-5-19)34-30(35)20-6-10-22(11-7-20)39-28-18-27-25(17-26(28)33)24(31(36)37)14-15-38-27;/h1-13,17-18,24,29H,14-16H2,(H,34,35)(H,36,37);/q;+1/p-1. The fourth-order valence-corrected chi connectivity index (χ4v) is 4.71. The van der Waals surface area contributed by atoms with Crippen molar-refractivity contribution in [3.8, 4) is 23.0 Å². The van der Waals surface area contributed by atoms with Crippen molar-refractivity contribution in [3.63, 3.8) is 0 Å². The van der Waals surface area contributed by atoms with Gasteiger partial charge in [0.15, 0.2) is 6.23 Å². The van der Waals surface area contributed by atoms with Gasteiger partial charge in [0.1, 0.15) is 23.0 Å². The Bertz CT molecular complexity index is 1500. The minimum atomic E-state index is -1.17. The van der Waals surface area contributed by atoms with Crippen molar-refractivity contribution in [1.29, 1.82) is 0 Å². The number of hydrogen-bond donors (Lipinski definition) is 1. The van der Waals surface area contributed by atoms with Gasteiger partial charge in [-0.3, -0.25) is 4.79 Å². The maximum absolute atomic E-state index is 13.1. The summed E-state index contributed by atoms with van der Waals surface area (Å²) in [5, 5.41) is 15.2. The van der Waals surface area contributed by atoms with E-state index in [4.69, 9.17) is 37.4 Å². The smallest absolute Gasteiger partial charge is 0.549 e. The van der Waals surface area contributed by atoms with E-state index in [1.165, 1.54) is 6.07 Å². The summed E-state index contributed by atoms with van der Waals surface area (Å²) in [6, 6.07) is 26.3.